The van der Waals surface area contributed by atoms with Crippen molar-refractivity contribution in [3.63, 3.8) is 0 Å². The Hall–Kier alpha value is -3.96. The number of carbonyl (C=O) groups is 4. The lowest BCUT2D eigenvalue weighted by Gasteiger charge is -2.27. The summed E-state index contributed by atoms with van der Waals surface area (Å²) in [6, 6.07) is 3.45. The van der Waals surface area contributed by atoms with Crippen LogP contribution in [0.3, 0.4) is 0 Å². The third-order valence-electron chi connectivity index (χ3n) is 4.18. The number of carbonyl (C=O) groups excluding carboxylic acids is 4. The molecule has 2 rings (SSSR count). The number of hydrogen-bond acceptors (Lipinski definition) is 9. The van der Waals surface area contributed by atoms with Crippen molar-refractivity contribution in [1.82, 2.24) is 9.47 Å². The zero-order valence-corrected chi connectivity index (χ0v) is 21.8. The molecule has 0 aliphatic heterocycles. The van der Waals surface area contributed by atoms with Crippen LogP contribution in [0.25, 0.3) is 10.9 Å². The van der Waals surface area contributed by atoms with Gasteiger partial charge >= 0.3 is 18.3 Å². The summed E-state index contributed by atoms with van der Waals surface area (Å²) in [7, 11) is 0. The Morgan fingerprint density at radius 1 is 0.833 bits per heavy atom. The maximum Gasteiger partial charge on any atom is 0.427 e. The minimum Gasteiger partial charge on any atom is -0.443 e. The van der Waals surface area contributed by atoms with Crippen LogP contribution in [-0.2, 0) is 14.2 Å². The third kappa shape index (κ3) is 7.03. The fourth-order valence-corrected chi connectivity index (χ4v) is 2.94. The standard InChI is InChI=1S/C24H31N3O9/c1-22(2,3)34-19(29)25-13-16(15-11-10-14(27(32)33)12-17(15)25)18(28)26(20(30)35-23(4,5)6)21(31)36-24(7,8)9/h10-13H,1-9H3. The average molecular weight is 506 g/mol. The highest BCUT2D eigenvalue weighted by molar-refractivity contribution is 6.18. The lowest BCUT2D eigenvalue weighted by Crippen LogP contribution is -2.46. The third-order valence-corrected chi connectivity index (χ3v) is 4.18. The summed E-state index contributed by atoms with van der Waals surface area (Å²) in [5.41, 5.74) is -3.68. The molecule has 0 saturated heterocycles. The van der Waals surface area contributed by atoms with E-state index in [0.717, 1.165) is 22.9 Å². The second-order valence-electron chi connectivity index (χ2n) is 11.0. The number of nitrogens with zero attached hydrogens (tertiary/aromatic N) is 3. The van der Waals surface area contributed by atoms with E-state index in [1.165, 1.54) is 6.07 Å². The van der Waals surface area contributed by atoms with Gasteiger partial charge in [0.2, 0.25) is 0 Å². The van der Waals surface area contributed by atoms with Gasteiger partial charge in [-0.15, -0.1) is 4.90 Å². The first-order chi connectivity index (χ1) is 16.2. The van der Waals surface area contributed by atoms with Gasteiger partial charge in [-0.2, -0.15) is 0 Å². The first-order valence-corrected chi connectivity index (χ1v) is 11.0. The van der Waals surface area contributed by atoms with Crippen LogP contribution in [-0.4, -0.2) is 55.4 Å². The summed E-state index contributed by atoms with van der Waals surface area (Å²) >= 11 is 0. The van der Waals surface area contributed by atoms with E-state index in [2.05, 4.69) is 0 Å². The van der Waals surface area contributed by atoms with Crippen LogP contribution < -0.4 is 0 Å². The molecule has 0 aliphatic rings. The number of ether oxygens (including phenoxy) is 3. The fourth-order valence-electron chi connectivity index (χ4n) is 2.94. The molecule has 0 unspecified atom stereocenters. The smallest absolute Gasteiger partial charge is 0.427 e. The van der Waals surface area contributed by atoms with Crippen LogP contribution in [0.4, 0.5) is 20.1 Å². The van der Waals surface area contributed by atoms with E-state index in [1.54, 1.807) is 62.3 Å². The highest BCUT2D eigenvalue weighted by Crippen LogP contribution is 2.29. The van der Waals surface area contributed by atoms with E-state index >= 15 is 0 Å². The van der Waals surface area contributed by atoms with Crippen LogP contribution in [0.1, 0.15) is 72.7 Å². The number of non-ortho nitro benzene ring substituents is 1. The van der Waals surface area contributed by atoms with Gasteiger partial charge in [-0.25, -0.2) is 14.4 Å². The first-order valence-electron chi connectivity index (χ1n) is 11.0. The van der Waals surface area contributed by atoms with Crippen LogP contribution >= 0.6 is 0 Å². The molecule has 0 bridgehead atoms. The van der Waals surface area contributed by atoms with Gasteiger partial charge in [-0.3, -0.25) is 19.5 Å². The number of benzene rings is 1. The van der Waals surface area contributed by atoms with Gasteiger partial charge in [-0.05, 0) is 68.4 Å². The van der Waals surface area contributed by atoms with Gasteiger partial charge in [0.05, 0.1) is 16.0 Å². The van der Waals surface area contributed by atoms with Crippen molar-refractivity contribution in [2.24, 2.45) is 0 Å². The molecular formula is C24H31N3O9. The van der Waals surface area contributed by atoms with Crippen molar-refractivity contribution in [1.29, 1.82) is 0 Å². The number of rotatable bonds is 2. The van der Waals surface area contributed by atoms with E-state index in [1.807, 2.05) is 0 Å². The molecule has 3 amide bonds. The number of aromatic nitrogens is 1. The van der Waals surface area contributed by atoms with Crippen molar-refractivity contribution in [2.75, 3.05) is 0 Å². The molecule has 0 aliphatic carbocycles. The molecule has 36 heavy (non-hydrogen) atoms. The monoisotopic (exact) mass is 505 g/mol. The summed E-state index contributed by atoms with van der Waals surface area (Å²) < 4.78 is 16.7. The molecule has 0 spiro atoms. The number of nitro benzene ring substituents is 1. The van der Waals surface area contributed by atoms with Crippen LogP contribution in [0.15, 0.2) is 24.4 Å². The lowest BCUT2D eigenvalue weighted by atomic mass is 10.1. The normalized spacial score (nSPS) is 12.1. The molecule has 1 aromatic carbocycles. The van der Waals surface area contributed by atoms with E-state index in [4.69, 9.17) is 14.2 Å². The molecule has 0 saturated carbocycles. The summed E-state index contributed by atoms with van der Waals surface area (Å²) in [6.07, 6.45) is -2.45. The molecule has 2 aromatic rings. The maximum absolute atomic E-state index is 13.6. The zero-order chi connectivity index (χ0) is 27.8. The summed E-state index contributed by atoms with van der Waals surface area (Å²) in [5.74, 6) is -1.15. The van der Waals surface area contributed by atoms with Gasteiger partial charge in [0.15, 0.2) is 0 Å². The molecule has 0 fully saturated rings. The van der Waals surface area contributed by atoms with E-state index in [9.17, 15) is 29.3 Å². The number of nitro groups is 1. The van der Waals surface area contributed by atoms with Gasteiger partial charge in [0.1, 0.15) is 16.8 Å². The molecule has 1 heterocycles. The van der Waals surface area contributed by atoms with Crippen molar-refractivity contribution in [2.45, 2.75) is 79.1 Å². The fraction of sp³-hybridized carbons (Fsp3) is 0.500. The molecule has 1 aromatic heterocycles. The highest BCUT2D eigenvalue weighted by Gasteiger charge is 2.38. The second kappa shape index (κ2) is 9.59. The molecule has 12 nitrogen and oxygen atoms in total. The van der Waals surface area contributed by atoms with Crippen LogP contribution in [0, 0.1) is 10.1 Å². The quantitative estimate of drug-likeness (QED) is 0.287. The predicted molar refractivity (Wildman–Crippen MR) is 129 cm³/mol. The van der Waals surface area contributed by atoms with E-state index in [-0.39, 0.29) is 27.1 Å². The summed E-state index contributed by atoms with van der Waals surface area (Å²) in [6.45, 7) is 14.2. The molecule has 0 N–H and O–H groups in total. The minimum atomic E-state index is -1.29. The zero-order valence-electron chi connectivity index (χ0n) is 21.8. The van der Waals surface area contributed by atoms with Crippen LogP contribution in [0.2, 0.25) is 0 Å². The first kappa shape index (κ1) is 28.3. The van der Waals surface area contributed by atoms with Crippen molar-refractivity contribution >= 4 is 40.8 Å². The lowest BCUT2D eigenvalue weighted by molar-refractivity contribution is -0.384. The van der Waals surface area contributed by atoms with E-state index in [0.29, 0.717) is 0 Å². The average Bonchev–Trinajstić information content (AvgIpc) is 3.02. The van der Waals surface area contributed by atoms with Gasteiger partial charge in [-0.1, -0.05) is 0 Å². The van der Waals surface area contributed by atoms with Gasteiger partial charge in [0, 0.05) is 23.7 Å². The summed E-state index contributed by atoms with van der Waals surface area (Å²) in [5, 5.41) is 11.4. The second-order valence-corrected chi connectivity index (χ2v) is 11.0. The Kier molecular flexibility index (Phi) is 7.53. The number of hydrogen-bond donors (Lipinski definition) is 0. The molecule has 0 atom stereocenters. The van der Waals surface area contributed by atoms with Gasteiger partial charge < -0.3 is 14.2 Å². The largest absolute Gasteiger partial charge is 0.443 e. The molecule has 12 heteroatoms. The topological polar surface area (TPSA) is 147 Å². The van der Waals surface area contributed by atoms with Gasteiger partial charge in [0.25, 0.3) is 11.6 Å². The Morgan fingerprint density at radius 2 is 1.31 bits per heavy atom. The highest BCUT2D eigenvalue weighted by atomic mass is 16.6. The SMILES string of the molecule is CC(C)(C)OC(=O)N(C(=O)OC(C)(C)C)C(=O)c1cn(C(=O)OC(C)(C)C)c2cc([N+](=O)[O-])ccc12. The molecular weight excluding hydrogens is 474 g/mol. The Bertz CT molecular complexity index is 1200. The van der Waals surface area contributed by atoms with E-state index < -0.39 is 45.9 Å². The maximum atomic E-state index is 13.6. The molecule has 0 radical (unpaired) electrons. The van der Waals surface area contributed by atoms with Crippen molar-refractivity contribution < 1.29 is 38.3 Å². The minimum absolute atomic E-state index is 0.0323. The number of amides is 3. The number of fused-ring (bicyclic) bond motifs is 1. The Morgan fingerprint density at radius 3 is 1.72 bits per heavy atom. The predicted octanol–water partition coefficient (Wildman–Crippen LogP) is 5.65. The Labute approximate surface area is 208 Å². The Balaban J connectivity index is 2.72. The molecule has 196 valence electrons. The van der Waals surface area contributed by atoms with Crippen LogP contribution in [0.5, 0.6) is 0 Å². The van der Waals surface area contributed by atoms with Crippen molar-refractivity contribution in [3.8, 4) is 0 Å². The summed E-state index contributed by atoms with van der Waals surface area (Å²) in [4.78, 5) is 63.1. The van der Waals surface area contributed by atoms with Crippen molar-refractivity contribution in [3.05, 3.63) is 40.1 Å². The number of imide groups is 3.